The van der Waals surface area contributed by atoms with Gasteiger partial charge in [0.2, 0.25) is 0 Å². The first kappa shape index (κ1) is 32.1. The summed E-state index contributed by atoms with van der Waals surface area (Å²) in [5.41, 5.74) is 4.15. The van der Waals surface area contributed by atoms with Crippen LogP contribution < -0.4 is 16.0 Å². The topological polar surface area (TPSA) is 115 Å². The monoisotopic (exact) mass is 597 g/mol. The third-order valence-corrected chi connectivity index (χ3v) is 6.76. The van der Waals surface area contributed by atoms with Crippen LogP contribution in [0.15, 0.2) is 85.5 Å². The number of pyridine rings is 1. The van der Waals surface area contributed by atoms with Crippen LogP contribution in [0.1, 0.15) is 42.4 Å². The smallest absolute Gasteiger partial charge is 0.317 e. The number of carbonyl (C=O) groups excluding carboxylic acids is 2. The van der Waals surface area contributed by atoms with Crippen molar-refractivity contribution in [2.24, 2.45) is 0 Å². The third kappa shape index (κ3) is 9.34. The number of anilines is 2. The summed E-state index contributed by atoms with van der Waals surface area (Å²) in [4.78, 5) is 37.7. The fourth-order valence-corrected chi connectivity index (χ4v) is 4.63. The van der Waals surface area contributed by atoms with Crippen molar-refractivity contribution in [2.45, 2.75) is 39.3 Å². The van der Waals surface area contributed by atoms with Gasteiger partial charge in [-0.2, -0.15) is 0 Å². The Hall–Kier alpha value is -4.83. The first-order chi connectivity index (χ1) is 21.0. The molecule has 0 atom stereocenters. The van der Waals surface area contributed by atoms with Gasteiger partial charge in [-0.05, 0) is 83.3 Å². The van der Waals surface area contributed by atoms with E-state index in [9.17, 15) is 9.59 Å². The first-order valence-corrected chi connectivity index (χ1v) is 14.7. The fraction of sp³-hybridized carbons (Fsp3) is 0.324. The molecule has 2 aromatic heterocycles. The number of ether oxygens (including phenoxy) is 1. The van der Waals surface area contributed by atoms with Crippen molar-refractivity contribution in [3.63, 3.8) is 0 Å². The number of para-hydroxylation sites is 3. The predicted octanol–water partition coefficient (Wildman–Crippen LogP) is 5.83. The second-order valence-corrected chi connectivity index (χ2v) is 11.9. The average Bonchev–Trinajstić information content (AvgIpc) is 3.38. The Labute approximate surface area is 259 Å². The largest absolute Gasteiger partial charge is 0.474 e. The van der Waals surface area contributed by atoms with E-state index in [-0.39, 0.29) is 17.6 Å². The van der Waals surface area contributed by atoms with Crippen LogP contribution in [0.4, 0.5) is 16.2 Å². The van der Waals surface area contributed by atoms with Gasteiger partial charge in [-0.25, -0.2) is 4.79 Å². The fourth-order valence-electron chi connectivity index (χ4n) is 4.63. The third-order valence-electron chi connectivity index (χ3n) is 6.76. The Morgan fingerprint density at radius 3 is 2.34 bits per heavy atom. The number of nitrogens with zero attached hydrogens (tertiary/aromatic N) is 3. The number of rotatable bonds is 13. The Morgan fingerprint density at radius 2 is 1.66 bits per heavy atom. The standard InChI is InChI=1S/C34H43N7O3/c1-24(44-34(2,3)4)38-29-13-9-10-14-30(29)39-32(42)31-16-15-25(21-36-31)23-41(20-19-40(5)6)33(43)35-18-17-26-22-37-28-12-8-7-11-27(26)28/h7-16,21-22,37-38H,1,17-20,23H2,2-6H3,(H,35,43)(H,39,42). The zero-order chi connectivity index (χ0) is 31.7. The molecule has 0 radical (unpaired) electrons. The van der Waals surface area contributed by atoms with Gasteiger partial charge in [-0.3, -0.25) is 9.78 Å². The maximum Gasteiger partial charge on any atom is 0.317 e. The van der Waals surface area contributed by atoms with Crippen LogP contribution in [0, 0.1) is 0 Å². The zero-order valence-electron chi connectivity index (χ0n) is 26.2. The average molecular weight is 598 g/mol. The van der Waals surface area contributed by atoms with Crippen molar-refractivity contribution < 1.29 is 14.3 Å². The number of aromatic nitrogens is 2. The molecule has 4 N–H and O–H groups in total. The van der Waals surface area contributed by atoms with Crippen molar-refractivity contribution >= 4 is 34.2 Å². The second-order valence-electron chi connectivity index (χ2n) is 11.9. The van der Waals surface area contributed by atoms with Crippen molar-refractivity contribution in [3.05, 3.63) is 102 Å². The number of likely N-dealkylation sites (N-methyl/N-ethyl adjacent to an activating group) is 1. The van der Waals surface area contributed by atoms with E-state index in [1.54, 1.807) is 23.2 Å². The molecule has 2 aromatic carbocycles. The molecule has 0 aliphatic carbocycles. The molecule has 0 saturated heterocycles. The lowest BCUT2D eigenvalue weighted by Gasteiger charge is -2.25. The minimum atomic E-state index is -0.408. The number of H-pyrrole nitrogens is 1. The summed E-state index contributed by atoms with van der Waals surface area (Å²) in [7, 11) is 3.95. The van der Waals surface area contributed by atoms with Crippen LogP contribution in [-0.4, -0.2) is 71.0 Å². The number of fused-ring (bicyclic) bond motifs is 1. The molecule has 0 spiro atoms. The number of nitrogens with one attached hydrogen (secondary N) is 4. The Morgan fingerprint density at radius 1 is 0.955 bits per heavy atom. The van der Waals surface area contributed by atoms with Crippen LogP contribution in [0.2, 0.25) is 0 Å². The molecule has 10 heteroatoms. The molecule has 0 saturated carbocycles. The quantitative estimate of drug-likeness (QED) is 0.144. The molecular weight excluding hydrogens is 554 g/mol. The van der Waals surface area contributed by atoms with Gasteiger partial charge in [-0.1, -0.05) is 36.4 Å². The molecule has 4 rings (SSSR count). The number of carbonyl (C=O) groups is 2. The molecule has 10 nitrogen and oxygen atoms in total. The number of aromatic amines is 1. The highest BCUT2D eigenvalue weighted by Crippen LogP contribution is 2.25. The Balaban J connectivity index is 1.36. The highest BCUT2D eigenvalue weighted by atomic mass is 16.5. The molecule has 0 fully saturated rings. The number of amides is 3. The first-order valence-electron chi connectivity index (χ1n) is 14.7. The molecule has 4 aromatic rings. The SMILES string of the molecule is C=C(Nc1ccccc1NC(=O)c1ccc(CN(CCN(C)C)C(=O)NCCc2c[nH]c3ccccc23)cn1)OC(C)(C)C. The second kappa shape index (κ2) is 14.6. The van der Waals surface area contributed by atoms with Gasteiger partial charge in [0.1, 0.15) is 11.3 Å². The highest BCUT2D eigenvalue weighted by molar-refractivity contribution is 6.04. The molecule has 0 unspecified atom stereocenters. The van der Waals surface area contributed by atoms with E-state index in [0.717, 1.165) is 17.5 Å². The van der Waals surface area contributed by atoms with E-state index in [4.69, 9.17) is 4.74 Å². The van der Waals surface area contributed by atoms with Crippen molar-refractivity contribution in [1.82, 2.24) is 25.1 Å². The van der Waals surface area contributed by atoms with E-state index in [0.29, 0.717) is 43.4 Å². The van der Waals surface area contributed by atoms with E-state index in [1.807, 2.05) is 88.4 Å². The number of hydrogen-bond donors (Lipinski definition) is 4. The van der Waals surface area contributed by atoms with Gasteiger partial charge < -0.3 is 35.5 Å². The van der Waals surface area contributed by atoms with Crippen LogP contribution in [0.3, 0.4) is 0 Å². The minimum Gasteiger partial charge on any atom is -0.474 e. The summed E-state index contributed by atoms with van der Waals surface area (Å²) in [6.07, 6.45) is 4.36. The summed E-state index contributed by atoms with van der Waals surface area (Å²) in [5, 5.41) is 10.3. The molecule has 232 valence electrons. The summed E-state index contributed by atoms with van der Waals surface area (Å²) >= 11 is 0. The van der Waals surface area contributed by atoms with Crippen molar-refractivity contribution in [2.75, 3.05) is 44.4 Å². The van der Waals surface area contributed by atoms with E-state index < -0.39 is 5.60 Å². The lowest BCUT2D eigenvalue weighted by Crippen LogP contribution is -2.43. The van der Waals surface area contributed by atoms with Crippen LogP contribution >= 0.6 is 0 Å². The molecule has 0 aliphatic heterocycles. The molecule has 0 aliphatic rings. The van der Waals surface area contributed by atoms with Crippen molar-refractivity contribution in [3.8, 4) is 0 Å². The Bertz CT molecular complexity index is 1570. The maximum absolute atomic E-state index is 13.2. The number of benzene rings is 2. The highest BCUT2D eigenvalue weighted by Gasteiger charge is 2.17. The van der Waals surface area contributed by atoms with E-state index in [2.05, 4.69) is 38.6 Å². The van der Waals surface area contributed by atoms with Crippen LogP contribution in [-0.2, 0) is 17.7 Å². The van der Waals surface area contributed by atoms with E-state index >= 15 is 0 Å². The molecule has 3 amide bonds. The predicted molar refractivity (Wildman–Crippen MR) is 177 cm³/mol. The lowest BCUT2D eigenvalue weighted by molar-refractivity contribution is 0.0565. The van der Waals surface area contributed by atoms with Gasteiger partial charge >= 0.3 is 6.03 Å². The molecule has 44 heavy (non-hydrogen) atoms. The van der Waals surface area contributed by atoms with Gasteiger partial charge in [0.15, 0.2) is 5.88 Å². The van der Waals surface area contributed by atoms with Gasteiger partial charge in [0, 0.05) is 49.5 Å². The summed E-state index contributed by atoms with van der Waals surface area (Å²) in [6.45, 7) is 11.9. The van der Waals surface area contributed by atoms with Crippen LogP contribution in [0.5, 0.6) is 0 Å². The van der Waals surface area contributed by atoms with Crippen LogP contribution in [0.25, 0.3) is 10.9 Å². The molecule has 2 heterocycles. The normalized spacial score (nSPS) is 11.3. The summed E-state index contributed by atoms with van der Waals surface area (Å²) in [6, 6.07) is 18.8. The zero-order valence-corrected chi connectivity index (χ0v) is 26.2. The molecule has 0 bridgehead atoms. The van der Waals surface area contributed by atoms with Crippen molar-refractivity contribution in [1.29, 1.82) is 0 Å². The molecular formula is C34H43N7O3. The number of urea groups is 1. The summed E-state index contributed by atoms with van der Waals surface area (Å²) in [5.74, 6) is 0.0233. The minimum absolute atomic E-state index is 0.144. The number of hydrogen-bond acceptors (Lipinski definition) is 6. The van der Waals surface area contributed by atoms with Gasteiger partial charge in [0.05, 0.1) is 11.4 Å². The Kier molecular flexibility index (Phi) is 10.6. The van der Waals surface area contributed by atoms with Gasteiger partial charge in [0.25, 0.3) is 5.91 Å². The van der Waals surface area contributed by atoms with Gasteiger partial charge in [-0.15, -0.1) is 0 Å². The van der Waals surface area contributed by atoms with E-state index in [1.165, 1.54) is 10.9 Å². The summed E-state index contributed by atoms with van der Waals surface area (Å²) < 4.78 is 5.77. The lowest BCUT2D eigenvalue weighted by atomic mass is 10.1. The maximum atomic E-state index is 13.2.